The first-order chi connectivity index (χ1) is 7.65. The number of β-amino-alcohol motifs (C(OH)–C–C–N with tert-alkyl or cyclic N) is 1. The topological polar surface area (TPSA) is 32.7 Å². The second-order valence-electron chi connectivity index (χ2n) is 6.74. The Morgan fingerprint density at radius 2 is 1.65 bits per heavy atom. The molecule has 0 radical (unpaired) electrons. The SMILES string of the molecule is CCC(C)C(O)CN1CC(C)(C)OC(C)(C)C1. The van der Waals surface area contributed by atoms with Gasteiger partial charge in [-0.25, -0.2) is 0 Å². The van der Waals surface area contributed by atoms with Crippen LogP contribution in [-0.4, -0.2) is 46.9 Å². The molecule has 3 nitrogen and oxygen atoms in total. The van der Waals surface area contributed by atoms with Crippen LogP contribution in [-0.2, 0) is 4.74 Å². The molecule has 0 amide bonds. The van der Waals surface area contributed by atoms with Gasteiger partial charge in [0.05, 0.1) is 17.3 Å². The zero-order chi connectivity index (χ0) is 13.3. The third kappa shape index (κ3) is 4.57. The van der Waals surface area contributed by atoms with Gasteiger partial charge in [-0.15, -0.1) is 0 Å². The van der Waals surface area contributed by atoms with Gasteiger partial charge in [0.15, 0.2) is 0 Å². The summed E-state index contributed by atoms with van der Waals surface area (Å²) in [5.74, 6) is 0.365. The highest BCUT2D eigenvalue weighted by molar-refractivity contribution is 4.90. The van der Waals surface area contributed by atoms with Gasteiger partial charge in [0.1, 0.15) is 0 Å². The van der Waals surface area contributed by atoms with Crippen molar-refractivity contribution in [1.82, 2.24) is 4.90 Å². The Hall–Kier alpha value is -0.120. The van der Waals surface area contributed by atoms with Crippen LogP contribution in [0.25, 0.3) is 0 Å². The maximum Gasteiger partial charge on any atom is 0.0760 e. The smallest absolute Gasteiger partial charge is 0.0760 e. The molecule has 0 aliphatic carbocycles. The van der Waals surface area contributed by atoms with E-state index in [0.29, 0.717) is 5.92 Å². The second kappa shape index (κ2) is 5.25. The predicted octanol–water partition coefficient (Wildman–Crippen LogP) is 2.28. The number of nitrogens with zero attached hydrogens (tertiary/aromatic N) is 1. The third-order valence-electron chi connectivity index (χ3n) is 3.51. The molecule has 0 spiro atoms. The first-order valence-electron chi connectivity index (χ1n) is 6.76. The number of morpholine rings is 1. The highest BCUT2D eigenvalue weighted by atomic mass is 16.5. The quantitative estimate of drug-likeness (QED) is 0.822. The summed E-state index contributed by atoms with van der Waals surface area (Å²) >= 11 is 0. The van der Waals surface area contributed by atoms with Crippen LogP contribution in [0.5, 0.6) is 0 Å². The zero-order valence-electron chi connectivity index (χ0n) is 12.3. The Bertz CT molecular complexity index is 235. The van der Waals surface area contributed by atoms with Crippen molar-refractivity contribution >= 4 is 0 Å². The number of aliphatic hydroxyl groups excluding tert-OH is 1. The number of hydrogen-bond donors (Lipinski definition) is 1. The van der Waals surface area contributed by atoms with Crippen LogP contribution in [0.4, 0.5) is 0 Å². The summed E-state index contributed by atoms with van der Waals surface area (Å²) in [7, 11) is 0. The molecular formula is C14H29NO2. The molecule has 1 aliphatic rings. The van der Waals surface area contributed by atoms with E-state index >= 15 is 0 Å². The normalized spacial score (nSPS) is 27.7. The van der Waals surface area contributed by atoms with Crippen molar-refractivity contribution < 1.29 is 9.84 Å². The van der Waals surface area contributed by atoms with Gasteiger partial charge in [-0.3, -0.25) is 4.90 Å². The van der Waals surface area contributed by atoms with Crippen molar-refractivity contribution in [2.45, 2.75) is 65.3 Å². The highest BCUT2D eigenvalue weighted by Gasteiger charge is 2.38. The summed E-state index contributed by atoms with van der Waals surface area (Å²) in [6.45, 7) is 15.3. The molecule has 0 aromatic rings. The molecule has 0 bridgehead atoms. The predicted molar refractivity (Wildman–Crippen MR) is 71.1 cm³/mol. The first kappa shape index (κ1) is 14.9. The second-order valence-corrected chi connectivity index (χ2v) is 6.74. The molecule has 17 heavy (non-hydrogen) atoms. The van der Waals surface area contributed by atoms with Crippen molar-refractivity contribution in [2.75, 3.05) is 19.6 Å². The summed E-state index contributed by atoms with van der Waals surface area (Å²) in [6.07, 6.45) is 0.794. The average molecular weight is 243 g/mol. The van der Waals surface area contributed by atoms with Gasteiger partial charge < -0.3 is 9.84 Å². The molecule has 3 heteroatoms. The van der Waals surface area contributed by atoms with Crippen LogP contribution in [0.1, 0.15) is 48.0 Å². The summed E-state index contributed by atoms with van der Waals surface area (Å²) in [4.78, 5) is 2.33. The fraction of sp³-hybridized carbons (Fsp3) is 1.00. The Kier molecular flexibility index (Phi) is 4.61. The molecule has 1 fully saturated rings. The molecule has 102 valence electrons. The summed E-state index contributed by atoms with van der Waals surface area (Å²) in [6, 6.07) is 0. The molecule has 2 unspecified atom stereocenters. The van der Waals surface area contributed by atoms with E-state index in [9.17, 15) is 5.11 Å². The van der Waals surface area contributed by atoms with E-state index in [4.69, 9.17) is 4.74 Å². The fourth-order valence-electron chi connectivity index (χ4n) is 2.79. The van der Waals surface area contributed by atoms with Gasteiger partial charge >= 0.3 is 0 Å². The minimum absolute atomic E-state index is 0.128. The van der Waals surface area contributed by atoms with Crippen molar-refractivity contribution in [2.24, 2.45) is 5.92 Å². The molecule has 0 saturated carbocycles. The van der Waals surface area contributed by atoms with Gasteiger partial charge in [0, 0.05) is 19.6 Å². The van der Waals surface area contributed by atoms with Crippen LogP contribution < -0.4 is 0 Å². The minimum Gasteiger partial charge on any atom is -0.392 e. The van der Waals surface area contributed by atoms with Crippen molar-refractivity contribution in [3.63, 3.8) is 0 Å². The molecule has 1 rings (SSSR count). The highest BCUT2D eigenvalue weighted by Crippen LogP contribution is 2.28. The third-order valence-corrected chi connectivity index (χ3v) is 3.51. The van der Waals surface area contributed by atoms with E-state index in [1.165, 1.54) is 0 Å². The lowest BCUT2D eigenvalue weighted by molar-refractivity contribution is -0.184. The average Bonchev–Trinajstić information content (AvgIpc) is 2.11. The lowest BCUT2D eigenvalue weighted by atomic mass is 9.96. The van der Waals surface area contributed by atoms with Crippen LogP contribution in [0, 0.1) is 5.92 Å². The summed E-state index contributed by atoms with van der Waals surface area (Å²) < 4.78 is 6.04. The monoisotopic (exact) mass is 243 g/mol. The number of aliphatic hydroxyl groups is 1. The Morgan fingerprint density at radius 3 is 2.06 bits per heavy atom. The molecule has 1 saturated heterocycles. The zero-order valence-corrected chi connectivity index (χ0v) is 12.3. The lowest BCUT2D eigenvalue weighted by Crippen LogP contribution is -2.58. The number of hydrogen-bond acceptors (Lipinski definition) is 3. The fourth-order valence-corrected chi connectivity index (χ4v) is 2.79. The lowest BCUT2D eigenvalue weighted by Gasteiger charge is -2.47. The van der Waals surface area contributed by atoms with Gasteiger partial charge in [0.25, 0.3) is 0 Å². The van der Waals surface area contributed by atoms with Crippen molar-refractivity contribution in [1.29, 1.82) is 0 Å². The molecule has 1 N–H and O–H groups in total. The largest absolute Gasteiger partial charge is 0.392 e. The van der Waals surface area contributed by atoms with Gasteiger partial charge in [0.2, 0.25) is 0 Å². The Morgan fingerprint density at radius 1 is 1.18 bits per heavy atom. The van der Waals surface area contributed by atoms with E-state index in [1.54, 1.807) is 0 Å². The summed E-state index contributed by atoms with van der Waals surface area (Å²) in [5, 5.41) is 10.1. The maximum atomic E-state index is 10.1. The molecular weight excluding hydrogens is 214 g/mol. The maximum absolute atomic E-state index is 10.1. The van der Waals surface area contributed by atoms with Crippen LogP contribution >= 0.6 is 0 Å². The van der Waals surface area contributed by atoms with Crippen LogP contribution in [0.2, 0.25) is 0 Å². The molecule has 0 aromatic heterocycles. The molecule has 1 heterocycles. The van der Waals surface area contributed by atoms with E-state index < -0.39 is 0 Å². The number of rotatable bonds is 4. The Labute approximate surface area is 106 Å². The number of ether oxygens (including phenoxy) is 1. The first-order valence-corrected chi connectivity index (χ1v) is 6.76. The Balaban J connectivity index is 2.59. The van der Waals surface area contributed by atoms with Crippen LogP contribution in [0.3, 0.4) is 0 Å². The van der Waals surface area contributed by atoms with Crippen LogP contribution in [0.15, 0.2) is 0 Å². The van der Waals surface area contributed by atoms with E-state index in [-0.39, 0.29) is 17.3 Å². The standard InChI is InChI=1S/C14H29NO2/c1-7-11(2)12(16)8-15-9-13(3,4)17-14(5,6)10-15/h11-12,16H,7-10H2,1-6H3. The molecule has 1 aliphatic heterocycles. The van der Waals surface area contributed by atoms with Crippen molar-refractivity contribution in [3.8, 4) is 0 Å². The summed E-state index contributed by atoms with van der Waals surface area (Å²) in [5.41, 5.74) is -0.256. The molecule has 0 aromatic carbocycles. The van der Waals surface area contributed by atoms with E-state index in [1.807, 2.05) is 0 Å². The minimum atomic E-state index is -0.232. The van der Waals surface area contributed by atoms with E-state index in [0.717, 1.165) is 26.1 Å². The van der Waals surface area contributed by atoms with Gasteiger partial charge in [-0.1, -0.05) is 20.3 Å². The van der Waals surface area contributed by atoms with Gasteiger partial charge in [-0.2, -0.15) is 0 Å². The molecule has 2 atom stereocenters. The van der Waals surface area contributed by atoms with Crippen molar-refractivity contribution in [3.05, 3.63) is 0 Å². The van der Waals surface area contributed by atoms with E-state index in [2.05, 4.69) is 46.4 Å². The van der Waals surface area contributed by atoms with Gasteiger partial charge in [-0.05, 0) is 33.6 Å².